The van der Waals surface area contributed by atoms with Crippen LogP contribution in [0.4, 0.5) is 5.82 Å². The van der Waals surface area contributed by atoms with E-state index in [1.54, 1.807) is 0 Å². The number of nitrogens with one attached hydrogen (secondary N) is 2. The summed E-state index contributed by atoms with van der Waals surface area (Å²) in [6.45, 7) is 4.58. The molecule has 2 rings (SSSR count). The minimum absolute atomic E-state index is 0.0686. The second-order valence-corrected chi connectivity index (χ2v) is 4.86. The molecule has 0 saturated carbocycles. The summed E-state index contributed by atoms with van der Waals surface area (Å²) < 4.78 is 0. The smallest absolute Gasteiger partial charge is 0.222 e. The molecule has 2 N–H and O–H groups in total. The molecule has 1 atom stereocenters. The summed E-state index contributed by atoms with van der Waals surface area (Å²) in [6.07, 6.45) is 2.25. The third kappa shape index (κ3) is 2.90. The Hall–Kier alpha value is -1.36. The van der Waals surface area contributed by atoms with Gasteiger partial charge in [0.1, 0.15) is 16.8 Å². The van der Waals surface area contributed by atoms with Crippen molar-refractivity contribution in [3.05, 3.63) is 16.5 Å². The molecule has 0 aromatic carbocycles. The molecule has 0 radical (unpaired) electrons. The van der Waals surface area contributed by atoms with Gasteiger partial charge in [-0.3, -0.25) is 4.79 Å². The first kappa shape index (κ1) is 13.1. The molecule has 1 aliphatic rings. The maximum Gasteiger partial charge on any atom is 0.222 e. The topological polar surface area (TPSA) is 66.9 Å². The predicted molar refractivity (Wildman–Crippen MR) is 70.8 cm³/mol. The molecule has 0 aliphatic carbocycles. The van der Waals surface area contributed by atoms with Crippen LogP contribution in [0, 0.1) is 6.92 Å². The summed E-state index contributed by atoms with van der Waals surface area (Å²) in [5.41, 5.74) is 0.830. The van der Waals surface area contributed by atoms with Gasteiger partial charge in [-0.2, -0.15) is 0 Å². The fraction of sp³-hybridized carbons (Fsp3) is 0.583. The van der Waals surface area contributed by atoms with Gasteiger partial charge in [-0.15, -0.1) is 0 Å². The minimum atomic E-state index is 0.0686. The van der Waals surface area contributed by atoms with Gasteiger partial charge in [0.2, 0.25) is 5.91 Å². The van der Waals surface area contributed by atoms with Crippen LogP contribution in [0.2, 0.25) is 5.15 Å². The zero-order chi connectivity index (χ0) is 13.1. The molecule has 1 aromatic heterocycles. The molecule has 1 saturated heterocycles. The molecule has 0 spiro atoms. The van der Waals surface area contributed by atoms with E-state index < -0.39 is 0 Å². The van der Waals surface area contributed by atoms with E-state index in [9.17, 15) is 4.79 Å². The molecule has 6 heteroatoms. The summed E-state index contributed by atoms with van der Waals surface area (Å²) in [7, 11) is 0. The highest BCUT2D eigenvalue weighted by molar-refractivity contribution is 6.30. The van der Waals surface area contributed by atoms with Crippen molar-refractivity contribution in [2.24, 2.45) is 0 Å². The first-order chi connectivity index (χ1) is 8.60. The van der Waals surface area contributed by atoms with Gasteiger partial charge >= 0.3 is 0 Å². The SMILES string of the molecule is CCCc1nc(Cl)c(C)c(NC2CNC(=O)C2)n1. The second kappa shape index (κ2) is 5.52. The zero-order valence-corrected chi connectivity index (χ0v) is 11.3. The van der Waals surface area contributed by atoms with E-state index >= 15 is 0 Å². The maximum atomic E-state index is 11.2. The number of nitrogens with zero attached hydrogens (tertiary/aromatic N) is 2. The van der Waals surface area contributed by atoms with Crippen molar-refractivity contribution < 1.29 is 4.79 Å². The highest BCUT2D eigenvalue weighted by Gasteiger charge is 2.22. The Morgan fingerprint density at radius 2 is 2.28 bits per heavy atom. The number of aromatic nitrogens is 2. The normalized spacial score (nSPS) is 18.8. The zero-order valence-electron chi connectivity index (χ0n) is 10.6. The number of aryl methyl sites for hydroxylation is 1. The largest absolute Gasteiger partial charge is 0.365 e. The van der Waals surface area contributed by atoms with Crippen LogP contribution < -0.4 is 10.6 Å². The van der Waals surface area contributed by atoms with Gasteiger partial charge < -0.3 is 10.6 Å². The van der Waals surface area contributed by atoms with Crippen LogP contribution in [-0.2, 0) is 11.2 Å². The summed E-state index contributed by atoms with van der Waals surface area (Å²) in [5.74, 6) is 1.55. The van der Waals surface area contributed by atoms with Crippen molar-refractivity contribution in [2.45, 2.75) is 39.2 Å². The average molecular weight is 269 g/mol. The lowest BCUT2D eigenvalue weighted by atomic mass is 10.2. The van der Waals surface area contributed by atoms with Crippen LogP contribution in [0.3, 0.4) is 0 Å². The number of halogens is 1. The fourth-order valence-electron chi connectivity index (χ4n) is 1.91. The Kier molecular flexibility index (Phi) is 4.01. The quantitative estimate of drug-likeness (QED) is 0.816. The number of hydrogen-bond acceptors (Lipinski definition) is 4. The van der Waals surface area contributed by atoms with Gasteiger partial charge in [0.25, 0.3) is 0 Å². The van der Waals surface area contributed by atoms with E-state index in [1.165, 1.54) is 0 Å². The summed E-state index contributed by atoms with van der Waals surface area (Å²) >= 11 is 6.10. The lowest BCUT2D eigenvalue weighted by Crippen LogP contribution is -2.24. The van der Waals surface area contributed by atoms with E-state index in [0.717, 1.165) is 30.0 Å². The van der Waals surface area contributed by atoms with E-state index in [4.69, 9.17) is 11.6 Å². The third-order valence-electron chi connectivity index (χ3n) is 2.92. The Bertz CT molecular complexity index is 464. The molecule has 2 heterocycles. The van der Waals surface area contributed by atoms with Crippen molar-refractivity contribution in [1.29, 1.82) is 0 Å². The maximum absolute atomic E-state index is 11.2. The first-order valence-electron chi connectivity index (χ1n) is 6.16. The molecule has 18 heavy (non-hydrogen) atoms. The molecule has 1 fully saturated rings. The van der Waals surface area contributed by atoms with Gasteiger partial charge in [0.05, 0.1) is 6.04 Å². The molecular formula is C12H17ClN4O. The molecule has 1 aliphatic heterocycles. The molecule has 98 valence electrons. The molecule has 0 bridgehead atoms. The van der Waals surface area contributed by atoms with Crippen LogP contribution in [0.1, 0.15) is 31.2 Å². The standard InChI is InChI=1S/C12H17ClN4O/c1-3-4-9-16-11(13)7(2)12(17-9)15-8-5-10(18)14-6-8/h8H,3-6H2,1-2H3,(H,14,18)(H,15,16,17). The lowest BCUT2D eigenvalue weighted by molar-refractivity contribution is -0.119. The molecule has 1 aromatic rings. The lowest BCUT2D eigenvalue weighted by Gasteiger charge is -2.15. The Morgan fingerprint density at radius 3 is 2.89 bits per heavy atom. The highest BCUT2D eigenvalue weighted by atomic mass is 35.5. The molecule has 1 amide bonds. The number of hydrogen-bond donors (Lipinski definition) is 2. The Balaban J connectivity index is 2.17. The predicted octanol–water partition coefficient (Wildman–Crippen LogP) is 1.69. The van der Waals surface area contributed by atoms with E-state index in [1.807, 2.05) is 6.92 Å². The molecule has 5 nitrogen and oxygen atoms in total. The van der Waals surface area contributed by atoms with Crippen LogP contribution in [0.25, 0.3) is 0 Å². The number of anilines is 1. The third-order valence-corrected chi connectivity index (χ3v) is 3.29. The van der Waals surface area contributed by atoms with E-state index in [0.29, 0.717) is 18.1 Å². The second-order valence-electron chi connectivity index (χ2n) is 4.50. The van der Waals surface area contributed by atoms with E-state index in [2.05, 4.69) is 27.5 Å². The minimum Gasteiger partial charge on any atom is -0.365 e. The van der Waals surface area contributed by atoms with Gasteiger partial charge in [-0.05, 0) is 13.3 Å². The number of carbonyl (C=O) groups is 1. The van der Waals surface area contributed by atoms with Gasteiger partial charge in [0.15, 0.2) is 0 Å². The highest BCUT2D eigenvalue weighted by Crippen LogP contribution is 2.22. The Labute approximate surface area is 111 Å². The van der Waals surface area contributed by atoms with Gasteiger partial charge in [-0.25, -0.2) is 9.97 Å². The summed E-state index contributed by atoms with van der Waals surface area (Å²) in [6, 6.07) is 0.0802. The van der Waals surface area contributed by atoms with E-state index in [-0.39, 0.29) is 11.9 Å². The summed E-state index contributed by atoms with van der Waals surface area (Å²) in [4.78, 5) is 19.9. The van der Waals surface area contributed by atoms with Crippen LogP contribution in [-0.4, -0.2) is 28.5 Å². The number of rotatable bonds is 4. The van der Waals surface area contributed by atoms with Crippen molar-refractivity contribution in [1.82, 2.24) is 15.3 Å². The summed E-state index contributed by atoms with van der Waals surface area (Å²) in [5, 5.41) is 6.53. The average Bonchev–Trinajstić information content (AvgIpc) is 2.71. The molecular weight excluding hydrogens is 252 g/mol. The Morgan fingerprint density at radius 1 is 1.50 bits per heavy atom. The van der Waals surface area contributed by atoms with Crippen molar-refractivity contribution >= 4 is 23.3 Å². The van der Waals surface area contributed by atoms with Crippen molar-refractivity contribution in [2.75, 3.05) is 11.9 Å². The monoisotopic (exact) mass is 268 g/mol. The fourth-order valence-corrected chi connectivity index (χ4v) is 2.10. The van der Waals surface area contributed by atoms with Crippen LogP contribution in [0.5, 0.6) is 0 Å². The van der Waals surface area contributed by atoms with Crippen molar-refractivity contribution in [3.8, 4) is 0 Å². The van der Waals surface area contributed by atoms with Gasteiger partial charge in [-0.1, -0.05) is 18.5 Å². The number of amides is 1. The number of carbonyl (C=O) groups excluding carboxylic acids is 1. The van der Waals surface area contributed by atoms with Crippen LogP contribution in [0.15, 0.2) is 0 Å². The van der Waals surface area contributed by atoms with Crippen molar-refractivity contribution in [3.63, 3.8) is 0 Å². The van der Waals surface area contributed by atoms with Gasteiger partial charge in [0, 0.05) is 24.9 Å². The first-order valence-corrected chi connectivity index (χ1v) is 6.54. The molecule has 1 unspecified atom stereocenters. The van der Waals surface area contributed by atoms with Crippen LogP contribution >= 0.6 is 11.6 Å².